The van der Waals surface area contributed by atoms with E-state index >= 15 is 0 Å². The zero-order valence-electron chi connectivity index (χ0n) is 28.1. The molecule has 1 N–H and O–H groups in total. The van der Waals surface area contributed by atoms with Crippen molar-refractivity contribution < 1.29 is 28.7 Å². The fourth-order valence-corrected chi connectivity index (χ4v) is 6.74. The smallest absolute Gasteiger partial charge is 0.409 e. The van der Waals surface area contributed by atoms with E-state index in [0.717, 1.165) is 24.0 Å². The van der Waals surface area contributed by atoms with Gasteiger partial charge in [-0.1, -0.05) is 74.0 Å². The number of hydrogen-bond acceptors (Lipinski definition) is 9. The number of fused-ring (bicyclic) bond motifs is 1. The number of piperidine rings is 1. The highest BCUT2D eigenvalue weighted by atomic mass is 16.6. The fourth-order valence-electron chi connectivity index (χ4n) is 6.74. The van der Waals surface area contributed by atoms with Crippen molar-refractivity contribution in [1.29, 1.82) is 0 Å². The molecule has 1 aliphatic carbocycles. The minimum Gasteiger partial charge on any atom is -0.466 e. The molecule has 2 aliphatic heterocycles. The van der Waals surface area contributed by atoms with Gasteiger partial charge in [-0.3, -0.25) is 14.4 Å². The van der Waals surface area contributed by atoms with E-state index < -0.39 is 11.9 Å². The number of carbonyl (C=O) groups is 4. The van der Waals surface area contributed by atoms with Gasteiger partial charge in [0.25, 0.3) is 5.91 Å². The molecular weight excluding hydrogens is 624 g/mol. The lowest BCUT2D eigenvalue weighted by molar-refractivity contribution is -0.145. The first-order valence-corrected chi connectivity index (χ1v) is 17.3. The molecule has 49 heavy (non-hydrogen) atoms. The average Bonchev–Trinajstić information content (AvgIpc) is 3.64. The Hall–Kier alpha value is -5.00. The number of rotatable bonds is 12. The van der Waals surface area contributed by atoms with Gasteiger partial charge in [0.1, 0.15) is 17.6 Å². The van der Waals surface area contributed by atoms with Crippen LogP contribution in [0.1, 0.15) is 42.7 Å². The molecule has 3 fully saturated rings. The summed E-state index contributed by atoms with van der Waals surface area (Å²) in [5, 5.41) is 2.99. The zero-order valence-corrected chi connectivity index (χ0v) is 28.1. The van der Waals surface area contributed by atoms with Crippen LogP contribution in [0.4, 0.5) is 10.6 Å². The van der Waals surface area contributed by atoms with E-state index in [2.05, 4.69) is 15.2 Å². The van der Waals surface area contributed by atoms with Crippen molar-refractivity contribution in [2.45, 2.75) is 39.2 Å². The maximum atomic E-state index is 14.0. The number of ether oxygens (including phenoxy) is 2. The van der Waals surface area contributed by atoms with E-state index in [9.17, 15) is 19.2 Å². The molecule has 1 saturated carbocycles. The molecule has 1 unspecified atom stereocenters. The third kappa shape index (κ3) is 8.01. The number of benzene rings is 2. The summed E-state index contributed by atoms with van der Waals surface area (Å²) in [5.74, 6) is 0.441. The lowest BCUT2D eigenvalue weighted by Gasteiger charge is -2.36. The molecule has 1 aromatic heterocycles. The molecule has 2 saturated heterocycles. The number of unbranched alkanes of at least 4 members (excludes halogenated alkanes) is 1. The summed E-state index contributed by atoms with van der Waals surface area (Å²) < 4.78 is 10.6. The number of nitrogens with zero attached hydrogens (tertiary/aromatic N) is 5. The summed E-state index contributed by atoms with van der Waals surface area (Å²) in [5.41, 5.74) is 1.81. The highest BCUT2D eigenvalue weighted by molar-refractivity contribution is 5.97. The van der Waals surface area contributed by atoms with E-state index in [1.54, 1.807) is 15.9 Å². The molecule has 258 valence electrons. The first-order chi connectivity index (χ1) is 23.9. The van der Waals surface area contributed by atoms with Crippen molar-refractivity contribution >= 4 is 29.7 Å². The molecule has 12 heteroatoms. The normalized spacial score (nSPS) is 20.3. The number of amides is 3. The van der Waals surface area contributed by atoms with Gasteiger partial charge in [0.15, 0.2) is 5.82 Å². The summed E-state index contributed by atoms with van der Waals surface area (Å²) in [6.07, 6.45) is 1.67. The number of aromatic nitrogens is 2. The van der Waals surface area contributed by atoms with Crippen molar-refractivity contribution in [3.05, 3.63) is 78.0 Å². The van der Waals surface area contributed by atoms with Crippen LogP contribution in [0.5, 0.6) is 0 Å². The minimum absolute atomic E-state index is 0.0901. The molecule has 6 rings (SSSR count). The molecule has 3 heterocycles. The van der Waals surface area contributed by atoms with Crippen molar-refractivity contribution in [2.24, 2.45) is 17.8 Å². The zero-order chi connectivity index (χ0) is 34.3. The Morgan fingerprint density at radius 1 is 0.857 bits per heavy atom. The Morgan fingerprint density at radius 2 is 1.51 bits per heavy atom. The van der Waals surface area contributed by atoms with Crippen molar-refractivity contribution in [3.8, 4) is 11.4 Å². The van der Waals surface area contributed by atoms with Crippen molar-refractivity contribution in [1.82, 2.24) is 25.1 Å². The summed E-state index contributed by atoms with van der Waals surface area (Å²) in [6, 6.07) is 19.8. The quantitative estimate of drug-likeness (QED) is 0.226. The highest BCUT2D eigenvalue weighted by Crippen LogP contribution is 2.53. The van der Waals surface area contributed by atoms with Gasteiger partial charge < -0.3 is 29.5 Å². The van der Waals surface area contributed by atoms with Gasteiger partial charge in [-0.15, -0.1) is 0 Å². The van der Waals surface area contributed by atoms with Gasteiger partial charge in [-0.05, 0) is 30.7 Å². The Bertz CT molecular complexity index is 1620. The van der Waals surface area contributed by atoms with Gasteiger partial charge in [-0.25, -0.2) is 14.8 Å². The third-order valence-electron chi connectivity index (χ3n) is 9.51. The second-order valence-corrected chi connectivity index (χ2v) is 12.8. The van der Waals surface area contributed by atoms with Crippen molar-refractivity contribution in [2.75, 3.05) is 57.4 Å². The molecule has 3 aromatic rings. The van der Waals surface area contributed by atoms with Gasteiger partial charge in [0.05, 0.1) is 19.1 Å². The van der Waals surface area contributed by atoms with E-state index in [4.69, 9.17) is 14.5 Å². The summed E-state index contributed by atoms with van der Waals surface area (Å²) in [4.78, 5) is 67.8. The maximum Gasteiger partial charge on any atom is 0.409 e. The Kier molecular flexibility index (Phi) is 10.7. The van der Waals surface area contributed by atoms with E-state index in [-0.39, 0.29) is 41.4 Å². The van der Waals surface area contributed by atoms with Gasteiger partial charge in [-0.2, -0.15) is 0 Å². The molecule has 2 aromatic carbocycles. The molecular formula is C37H44N6O6. The van der Waals surface area contributed by atoms with Crippen LogP contribution >= 0.6 is 0 Å². The average molecular weight is 669 g/mol. The number of piperazine rings is 1. The molecule has 12 nitrogen and oxygen atoms in total. The van der Waals surface area contributed by atoms with E-state index in [0.29, 0.717) is 70.5 Å². The lowest BCUT2D eigenvalue weighted by Crippen LogP contribution is -2.56. The predicted octanol–water partition coefficient (Wildman–Crippen LogP) is 3.81. The van der Waals surface area contributed by atoms with Crippen LogP contribution in [-0.2, 0) is 25.5 Å². The van der Waals surface area contributed by atoms with Gasteiger partial charge >= 0.3 is 12.1 Å². The minimum atomic E-state index is -0.860. The van der Waals surface area contributed by atoms with Crippen molar-refractivity contribution in [3.63, 3.8) is 0 Å². The number of nitrogens with one attached hydrogen (secondary N) is 1. The number of esters is 1. The van der Waals surface area contributed by atoms with E-state index in [1.165, 1.54) is 0 Å². The van der Waals surface area contributed by atoms with Crippen LogP contribution in [0.2, 0.25) is 0 Å². The monoisotopic (exact) mass is 668 g/mol. The van der Waals surface area contributed by atoms with Crippen LogP contribution in [-0.4, -0.2) is 102 Å². The predicted molar refractivity (Wildman–Crippen MR) is 183 cm³/mol. The third-order valence-corrected chi connectivity index (χ3v) is 9.51. The largest absolute Gasteiger partial charge is 0.466 e. The standard InChI is InChI=1S/C37H44N6O6/c1-3-5-20-49-37(47)42-18-16-41(17-19-42)35(45)30(21-25-12-8-6-9-13-25)39-34(44)29-22-31(40-33(38-29)26-14-10-7-11-15-26)43-23-27-28(24-43)32(27)36(46)48-4-2/h6-15,22,27-28,30,32H,3-5,16-21,23-24H2,1-2H3,(H,39,44)/t27-,28+,30-,32?/m0/s1. The van der Waals surface area contributed by atoms with Gasteiger partial charge in [0.2, 0.25) is 5.91 Å². The summed E-state index contributed by atoms with van der Waals surface area (Å²) in [6.45, 7) is 7.23. The highest BCUT2D eigenvalue weighted by Gasteiger charge is 2.60. The molecule has 0 spiro atoms. The van der Waals surface area contributed by atoms with Crippen LogP contribution in [0, 0.1) is 17.8 Å². The SMILES string of the molecule is CCCCOC(=O)N1CCN(C(=O)[C@H](Cc2ccccc2)NC(=O)c2cc(N3C[C@@H]4C(C(=O)OCC)[C@@H]4C3)nc(-c3ccccc3)n2)CC1. The Morgan fingerprint density at radius 3 is 2.16 bits per heavy atom. The maximum absolute atomic E-state index is 14.0. The first kappa shape index (κ1) is 33.9. The topological polar surface area (TPSA) is 134 Å². The Labute approximate surface area is 286 Å². The van der Waals surface area contributed by atoms with Gasteiger partial charge in [0, 0.05) is 57.3 Å². The molecule has 4 atom stereocenters. The lowest BCUT2D eigenvalue weighted by atomic mass is 10.0. The van der Waals surface area contributed by atoms with Crippen LogP contribution < -0.4 is 10.2 Å². The number of hydrogen-bond donors (Lipinski definition) is 1. The van der Waals surface area contributed by atoms with Crippen LogP contribution in [0.15, 0.2) is 66.7 Å². The van der Waals surface area contributed by atoms with Crippen LogP contribution in [0.3, 0.4) is 0 Å². The second kappa shape index (κ2) is 15.5. The summed E-state index contributed by atoms with van der Waals surface area (Å²) in [7, 11) is 0. The summed E-state index contributed by atoms with van der Waals surface area (Å²) >= 11 is 0. The number of anilines is 1. The molecule has 3 amide bonds. The second-order valence-electron chi connectivity index (χ2n) is 12.8. The fraction of sp³-hybridized carbons (Fsp3) is 0.459. The van der Waals surface area contributed by atoms with Crippen LogP contribution in [0.25, 0.3) is 11.4 Å². The molecule has 0 radical (unpaired) electrons. The molecule has 3 aliphatic rings. The Balaban J connectivity index is 1.19. The van der Waals surface area contributed by atoms with E-state index in [1.807, 2.05) is 74.5 Å². The number of carbonyl (C=O) groups excluding carboxylic acids is 4. The molecule has 0 bridgehead atoms. The first-order valence-electron chi connectivity index (χ1n) is 17.3.